The third-order valence-corrected chi connectivity index (χ3v) is 5.85. The first-order valence-electron chi connectivity index (χ1n) is 8.67. The Morgan fingerprint density at radius 2 is 2.00 bits per heavy atom. The standard InChI is InChI=1S/C18H26N2O3S/c1-3-23-16-12-14(6-7-15(16)22-2)18-20(17(21)13-24-18)11-10-19-8-4-5-9-19/h6-7,12,18H,3-5,8-11,13H2,1-2H3. The summed E-state index contributed by atoms with van der Waals surface area (Å²) in [6.07, 6.45) is 2.56. The van der Waals surface area contributed by atoms with Crippen LogP contribution >= 0.6 is 11.8 Å². The number of methoxy groups -OCH3 is 1. The molecule has 2 fully saturated rings. The Bertz CT molecular complexity index is 575. The fourth-order valence-electron chi connectivity index (χ4n) is 3.34. The van der Waals surface area contributed by atoms with Crippen LogP contribution in [-0.4, -0.2) is 61.4 Å². The molecule has 1 unspecified atom stereocenters. The molecule has 3 rings (SSSR count). The van der Waals surface area contributed by atoms with E-state index in [9.17, 15) is 4.79 Å². The number of hydrogen-bond acceptors (Lipinski definition) is 5. The zero-order valence-electron chi connectivity index (χ0n) is 14.5. The molecular weight excluding hydrogens is 324 g/mol. The van der Waals surface area contributed by atoms with Crippen molar-refractivity contribution in [2.45, 2.75) is 25.1 Å². The molecule has 6 heteroatoms. The van der Waals surface area contributed by atoms with Crippen LogP contribution in [0.3, 0.4) is 0 Å². The summed E-state index contributed by atoms with van der Waals surface area (Å²) in [5.41, 5.74) is 1.11. The summed E-state index contributed by atoms with van der Waals surface area (Å²) >= 11 is 1.70. The lowest BCUT2D eigenvalue weighted by Gasteiger charge is -2.27. The number of carbonyl (C=O) groups is 1. The van der Waals surface area contributed by atoms with Crippen LogP contribution in [0.25, 0.3) is 0 Å². The van der Waals surface area contributed by atoms with Gasteiger partial charge in [-0.2, -0.15) is 0 Å². The maximum Gasteiger partial charge on any atom is 0.233 e. The third-order valence-electron chi connectivity index (χ3n) is 4.60. The SMILES string of the molecule is CCOc1cc(C2SCC(=O)N2CCN2CCCC2)ccc1OC. The van der Waals surface area contributed by atoms with Gasteiger partial charge in [0.05, 0.1) is 19.5 Å². The number of rotatable bonds is 7. The van der Waals surface area contributed by atoms with Crippen molar-refractivity contribution in [3.05, 3.63) is 23.8 Å². The molecule has 2 saturated heterocycles. The number of amides is 1. The molecule has 2 aliphatic heterocycles. The molecule has 0 N–H and O–H groups in total. The number of benzene rings is 1. The van der Waals surface area contributed by atoms with E-state index in [0.717, 1.165) is 43.2 Å². The van der Waals surface area contributed by atoms with E-state index in [1.54, 1.807) is 18.9 Å². The first-order chi connectivity index (χ1) is 11.7. The average Bonchev–Trinajstić information content (AvgIpc) is 3.23. The second-order valence-electron chi connectivity index (χ2n) is 6.14. The fourth-order valence-corrected chi connectivity index (χ4v) is 4.55. The van der Waals surface area contributed by atoms with Crippen molar-refractivity contribution in [1.82, 2.24) is 9.80 Å². The number of carbonyl (C=O) groups excluding carboxylic acids is 1. The van der Waals surface area contributed by atoms with E-state index in [1.165, 1.54) is 12.8 Å². The maximum absolute atomic E-state index is 12.3. The van der Waals surface area contributed by atoms with E-state index < -0.39 is 0 Å². The molecule has 2 aliphatic rings. The fraction of sp³-hybridized carbons (Fsp3) is 0.611. The minimum Gasteiger partial charge on any atom is -0.493 e. The first kappa shape index (κ1) is 17.4. The lowest BCUT2D eigenvalue weighted by atomic mass is 10.1. The topological polar surface area (TPSA) is 42.0 Å². The summed E-state index contributed by atoms with van der Waals surface area (Å²) in [6, 6.07) is 5.99. The highest BCUT2D eigenvalue weighted by molar-refractivity contribution is 8.00. The molecule has 1 aromatic rings. The van der Waals surface area contributed by atoms with Crippen molar-refractivity contribution in [1.29, 1.82) is 0 Å². The van der Waals surface area contributed by atoms with Gasteiger partial charge < -0.3 is 19.3 Å². The van der Waals surface area contributed by atoms with Gasteiger partial charge in [0.15, 0.2) is 11.5 Å². The Morgan fingerprint density at radius 3 is 2.71 bits per heavy atom. The highest BCUT2D eigenvalue weighted by Gasteiger charge is 2.33. The number of nitrogens with zero attached hydrogens (tertiary/aromatic N) is 2. The maximum atomic E-state index is 12.3. The monoisotopic (exact) mass is 350 g/mol. The molecule has 132 valence electrons. The van der Waals surface area contributed by atoms with Gasteiger partial charge in [0.1, 0.15) is 5.37 Å². The van der Waals surface area contributed by atoms with Crippen LogP contribution in [0.5, 0.6) is 11.5 Å². The predicted octanol–water partition coefficient (Wildman–Crippen LogP) is 2.76. The van der Waals surface area contributed by atoms with Crippen LogP contribution < -0.4 is 9.47 Å². The number of hydrogen-bond donors (Lipinski definition) is 0. The molecule has 5 nitrogen and oxygen atoms in total. The van der Waals surface area contributed by atoms with Crippen LogP contribution in [0.4, 0.5) is 0 Å². The van der Waals surface area contributed by atoms with Crippen LogP contribution in [-0.2, 0) is 4.79 Å². The highest BCUT2D eigenvalue weighted by atomic mass is 32.2. The molecule has 0 saturated carbocycles. The molecule has 1 aromatic carbocycles. The number of thioether (sulfide) groups is 1. The molecule has 0 radical (unpaired) electrons. The Morgan fingerprint density at radius 1 is 1.21 bits per heavy atom. The van der Waals surface area contributed by atoms with Crippen LogP contribution in [0.1, 0.15) is 30.7 Å². The van der Waals surface area contributed by atoms with Gasteiger partial charge in [-0.05, 0) is 50.6 Å². The zero-order chi connectivity index (χ0) is 16.9. The number of likely N-dealkylation sites (tertiary alicyclic amines) is 1. The van der Waals surface area contributed by atoms with E-state index in [-0.39, 0.29) is 11.3 Å². The molecule has 2 heterocycles. The van der Waals surface area contributed by atoms with Gasteiger partial charge in [-0.15, -0.1) is 11.8 Å². The van der Waals surface area contributed by atoms with E-state index in [2.05, 4.69) is 4.90 Å². The van der Waals surface area contributed by atoms with Gasteiger partial charge in [0.25, 0.3) is 0 Å². The first-order valence-corrected chi connectivity index (χ1v) is 9.72. The summed E-state index contributed by atoms with van der Waals surface area (Å²) in [5.74, 6) is 2.27. The van der Waals surface area contributed by atoms with Crippen LogP contribution in [0.2, 0.25) is 0 Å². The summed E-state index contributed by atoms with van der Waals surface area (Å²) in [6.45, 7) is 6.65. The van der Waals surface area contributed by atoms with E-state index in [0.29, 0.717) is 12.4 Å². The molecule has 0 aromatic heterocycles. The van der Waals surface area contributed by atoms with Gasteiger partial charge in [0.2, 0.25) is 5.91 Å². The summed E-state index contributed by atoms with van der Waals surface area (Å²) in [7, 11) is 1.65. The highest BCUT2D eigenvalue weighted by Crippen LogP contribution is 2.41. The zero-order valence-corrected chi connectivity index (χ0v) is 15.3. The van der Waals surface area contributed by atoms with Gasteiger partial charge in [-0.3, -0.25) is 4.79 Å². The van der Waals surface area contributed by atoms with Crippen molar-refractivity contribution in [3.63, 3.8) is 0 Å². The van der Waals surface area contributed by atoms with Gasteiger partial charge in [0, 0.05) is 13.1 Å². The van der Waals surface area contributed by atoms with Crippen molar-refractivity contribution >= 4 is 17.7 Å². The molecule has 0 bridgehead atoms. The molecular formula is C18H26N2O3S. The minimum atomic E-state index is 0.0743. The molecule has 24 heavy (non-hydrogen) atoms. The van der Waals surface area contributed by atoms with E-state index >= 15 is 0 Å². The second-order valence-corrected chi connectivity index (χ2v) is 7.21. The Labute approximate surface area is 148 Å². The van der Waals surface area contributed by atoms with Gasteiger partial charge in [-0.25, -0.2) is 0 Å². The van der Waals surface area contributed by atoms with Crippen molar-refractivity contribution < 1.29 is 14.3 Å². The Hall–Kier alpha value is -1.40. The van der Waals surface area contributed by atoms with Crippen molar-refractivity contribution in [2.75, 3.05) is 45.6 Å². The third kappa shape index (κ3) is 3.81. The van der Waals surface area contributed by atoms with Crippen molar-refractivity contribution in [3.8, 4) is 11.5 Å². The Kier molecular flexibility index (Phi) is 5.89. The molecule has 0 spiro atoms. The van der Waals surface area contributed by atoms with Gasteiger partial charge >= 0.3 is 0 Å². The summed E-state index contributed by atoms with van der Waals surface area (Å²) in [5, 5.41) is 0.0743. The molecule has 1 amide bonds. The van der Waals surface area contributed by atoms with Crippen molar-refractivity contribution in [2.24, 2.45) is 0 Å². The predicted molar refractivity (Wildman–Crippen MR) is 96.7 cm³/mol. The van der Waals surface area contributed by atoms with Gasteiger partial charge in [-0.1, -0.05) is 6.07 Å². The Balaban J connectivity index is 1.73. The minimum absolute atomic E-state index is 0.0743. The average molecular weight is 350 g/mol. The summed E-state index contributed by atoms with van der Waals surface area (Å²) in [4.78, 5) is 16.8. The van der Waals surface area contributed by atoms with E-state index in [4.69, 9.17) is 9.47 Å². The second kappa shape index (κ2) is 8.12. The molecule has 1 atom stereocenters. The number of ether oxygens (including phenoxy) is 2. The van der Waals surface area contributed by atoms with Crippen LogP contribution in [0.15, 0.2) is 18.2 Å². The normalized spacial score (nSPS) is 21.5. The smallest absolute Gasteiger partial charge is 0.233 e. The quantitative estimate of drug-likeness (QED) is 0.756. The van der Waals surface area contributed by atoms with Crippen LogP contribution in [0, 0.1) is 0 Å². The lowest BCUT2D eigenvalue weighted by molar-refractivity contribution is -0.128. The van der Waals surface area contributed by atoms with E-state index in [1.807, 2.05) is 30.0 Å². The largest absolute Gasteiger partial charge is 0.493 e. The lowest BCUT2D eigenvalue weighted by Crippen LogP contribution is -2.36. The summed E-state index contributed by atoms with van der Waals surface area (Å²) < 4.78 is 11.0. The molecule has 0 aliphatic carbocycles.